The number of anilines is 2. The molecule has 0 fully saturated rings. The summed E-state index contributed by atoms with van der Waals surface area (Å²) in [6.45, 7) is 12.2. The normalized spacial score (nSPS) is 16.7. The number of hydrogen-bond acceptors (Lipinski definition) is 12. The van der Waals surface area contributed by atoms with Crippen molar-refractivity contribution in [2.45, 2.75) is 71.8 Å². The van der Waals surface area contributed by atoms with Crippen LogP contribution in [0.5, 0.6) is 11.5 Å². The van der Waals surface area contributed by atoms with E-state index in [9.17, 15) is 19.2 Å². The third-order valence-corrected chi connectivity index (χ3v) is 7.04. The average Bonchev–Trinajstić information content (AvgIpc) is 3.36. The topological polar surface area (TPSA) is 205 Å². The number of ether oxygens (including phenoxy) is 4. The quantitative estimate of drug-likeness (QED) is 0.214. The molecule has 0 unspecified atom stereocenters. The molecule has 0 saturated carbocycles. The second-order valence-electron chi connectivity index (χ2n) is 13.8. The van der Waals surface area contributed by atoms with Crippen LogP contribution in [0.2, 0.25) is 0 Å². The number of carbonyl (C=O) groups is 4. The van der Waals surface area contributed by atoms with Crippen molar-refractivity contribution in [3.05, 3.63) is 66.6 Å². The summed E-state index contributed by atoms with van der Waals surface area (Å²) < 4.78 is 26.8. The van der Waals surface area contributed by atoms with E-state index in [0.29, 0.717) is 40.2 Å². The monoisotopic (exact) mass is 715 g/mol. The highest BCUT2D eigenvalue weighted by Gasteiger charge is 2.30. The fourth-order valence-electron chi connectivity index (χ4n) is 4.80. The number of aromatic nitrogens is 3. The molecule has 4 N–H and O–H groups in total. The number of benzene rings is 2. The molecular weight excluding hydrogens is 674 g/mol. The van der Waals surface area contributed by atoms with E-state index in [2.05, 4.69) is 36.4 Å². The molecule has 0 aliphatic carbocycles. The Balaban J connectivity index is 0.000000201. The molecule has 2 aromatic heterocycles. The number of nitrogens with one attached hydrogen (secondary N) is 4. The molecule has 2 atom stereocenters. The van der Waals surface area contributed by atoms with E-state index in [-0.39, 0.29) is 19.1 Å². The molecule has 274 valence electrons. The first-order valence-corrected chi connectivity index (χ1v) is 16.4. The van der Waals surface area contributed by atoms with Crippen molar-refractivity contribution in [1.29, 1.82) is 0 Å². The fraction of sp³-hybridized carbons (Fsp3) is 0.361. The van der Waals surface area contributed by atoms with Crippen molar-refractivity contribution in [3.63, 3.8) is 0 Å². The summed E-state index contributed by atoms with van der Waals surface area (Å²) in [6.07, 6.45) is 0.354. The number of nitrogens with zero attached hydrogens (tertiary/aromatic N) is 3. The third kappa shape index (κ3) is 10.2. The van der Waals surface area contributed by atoms with E-state index < -0.39 is 41.4 Å². The first-order chi connectivity index (χ1) is 24.5. The fourth-order valence-corrected chi connectivity index (χ4v) is 4.80. The number of fused-ring (bicyclic) bond motifs is 2. The molecule has 4 heterocycles. The third-order valence-electron chi connectivity index (χ3n) is 7.04. The van der Waals surface area contributed by atoms with Gasteiger partial charge in [-0.2, -0.15) is 4.98 Å². The molecule has 2 aromatic carbocycles. The SMILES string of the molecule is CC(C)(C)OC(=O)N[C@H]1COc2ccc(-c3ccccn3)cc2NC1=O.Cc1noc(-c2ccc3c(c2)NC(=O)[C@@H](NC(=O)OC(C)(C)C)CO3)n1. The van der Waals surface area contributed by atoms with E-state index >= 15 is 0 Å². The van der Waals surface area contributed by atoms with Crippen LogP contribution >= 0.6 is 0 Å². The molecule has 16 heteroatoms. The first-order valence-electron chi connectivity index (χ1n) is 16.4. The summed E-state index contributed by atoms with van der Waals surface area (Å²) in [5, 5.41) is 14.3. The van der Waals surface area contributed by atoms with Crippen LogP contribution in [0.4, 0.5) is 21.0 Å². The van der Waals surface area contributed by atoms with Gasteiger partial charge in [-0.05, 0) is 97.0 Å². The Kier molecular flexibility index (Phi) is 11.0. The number of hydrogen-bond donors (Lipinski definition) is 4. The zero-order valence-electron chi connectivity index (χ0n) is 29.9. The van der Waals surface area contributed by atoms with E-state index in [1.807, 2.05) is 24.3 Å². The minimum absolute atomic E-state index is 0.0149. The molecule has 4 aromatic rings. The van der Waals surface area contributed by atoms with Crippen molar-refractivity contribution >= 4 is 35.4 Å². The van der Waals surface area contributed by atoms with E-state index in [1.165, 1.54) is 0 Å². The van der Waals surface area contributed by atoms with Gasteiger partial charge in [-0.25, -0.2) is 9.59 Å². The summed E-state index contributed by atoms with van der Waals surface area (Å²) in [5.74, 6) is 1.09. The van der Waals surface area contributed by atoms with E-state index in [1.54, 1.807) is 85.0 Å². The van der Waals surface area contributed by atoms with Crippen LogP contribution < -0.4 is 30.7 Å². The van der Waals surface area contributed by atoms with Crippen LogP contribution in [0.15, 0.2) is 65.3 Å². The van der Waals surface area contributed by atoms with E-state index in [0.717, 1.165) is 11.3 Å². The summed E-state index contributed by atoms with van der Waals surface area (Å²) in [4.78, 5) is 57.1. The lowest BCUT2D eigenvalue weighted by atomic mass is 10.1. The largest absolute Gasteiger partial charge is 0.489 e. The summed E-state index contributed by atoms with van der Waals surface area (Å²) >= 11 is 0. The lowest BCUT2D eigenvalue weighted by Gasteiger charge is -2.22. The number of amides is 4. The zero-order valence-corrected chi connectivity index (χ0v) is 29.9. The highest BCUT2D eigenvalue weighted by molar-refractivity contribution is 6.00. The Labute approximate surface area is 300 Å². The maximum absolute atomic E-state index is 12.4. The highest BCUT2D eigenvalue weighted by Crippen LogP contribution is 2.33. The van der Waals surface area contributed by atoms with E-state index in [4.69, 9.17) is 23.5 Å². The van der Waals surface area contributed by atoms with Crippen LogP contribution in [-0.2, 0) is 19.1 Å². The smallest absolute Gasteiger partial charge is 0.408 e. The maximum atomic E-state index is 12.4. The van der Waals surface area contributed by atoms with Gasteiger partial charge in [0, 0.05) is 17.3 Å². The number of pyridine rings is 1. The van der Waals surface area contributed by atoms with Crippen molar-refractivity contribution in [2.24, 2.45) is 0 Å². The molecule has 52 heavy (non-hydrogen) atoms. The van der Waals surface area contributed by atoms with Gasteiger partial charge in [0.15, 0.2) is 5.82 Å². The maximum Gasteiger partial charge on any atom is 0.408 e. The lowest BCUT2D eigenvalue weighted by Crippen LogP contribution is -2.48. The van der Waals surface area contributed by atoms with Gasteiger partial charge in [-0.3, -0.25) is 14.6 Å². The average molecular weight is 716 g/mol. The second kappa shape index (κ2) is 15.4. The predicted molar refractivity (Wildman–Crippen MR) is 189 cm³/mol. The molecule has 6 rings (SSSR count). The molecule has 2 aliphatic rings. The lowest BCUT2D eigenvalue weighted by molar-refractivity contribution is -0.119. The molecule has 4 amide bonds. The van der Waals surface area contributed by atoms with Crippen LogP contribution in [-0.4, -0.2) is 75.6 Å². The summed E-state index contributed by atoms with van der Waals surface area (Å²) in [7, 11) is 0. The van der Waals surface area contributed by atoms with Crippen molar-refractivity contribution in [1.82, 2.24) is 25.8 Å². The molecule has 16 nitrogen and oxygen atoms in total. The van der Waals surface area contributed by atoms with Gasteiger partial charge in [0.1, 0.15) is 48.0 Å². The van der Waals surface area contributed by atoms with Crippen LogP contribution in [0.3, 0.4) is 0 Å². The van der Waals surface area contributed by atoms with Gasteiger partial charge in [0.2, 0.25) is 0 Å². The summed E-state index contributed by atoms with van der Waals surface area (Å²) in [5.41, 5.74) is 1.97. The minimum atomic E-state index is -0.883. The van der Waals surface area contributed by atoms with Gasteiger partial charge < -0.3 is 44.7 Å². The number of alkyl carbamates (subject to hydrolysis) is 2. The Morgan fingerprint density at radius 1 is 0.769 bits per heavy atom. The van der Waals surface area contributed by atoms with Crippen molar-refractivity contribution in [3.8, 4) is 34.2 Å². The second-order valence-corrected chi connectivity index (χ2v) is 13.8. The van der Waals surface area contributed by atoms with Gasteiger partial charge in [-0.15, -0.1) is 0 Å². The highest BCUT2D eigenvalue weighted by atomic mass is 16.6. The first kappa shape index (κ1) is 37.1. The Morgan fingerprint density at radius 2 is 1.29 bits per heavy atom. The predicted octanol–water partition coefficient (Wildman–Crippen LogP) is 5.24. The number of rotatable bonds is 4. The van der Waals surface area contributed by atoms with Crippen LogP contribution in [0, 0.1) is 6.92 Å². The standard InChI is InChI=1S/C19H21N3O4.C17H20N4O5/c1-19(2,3)26-18(24)22-15-11-25-16-8-7-12(10-14(16)21-17(15)23)13-6-4-5-9-20-13;1-9-18-15(26-21-9)10-5-6-13-11(7-10)19-14(22)12(8-24-13)20-16(23)25-17(2,3)4/h4-10,15H,11H2,1-3H3,(H,21,23)(H,22,24);5-7,12H,8H2,1-4H3,(H,19,22)(H,20,23)/t15-;12-/m00/s1. The Bertz CT molecular complexity index is 1930. The number of aryl methyl sites for hydroxylation is 1. The molecule has 0 saturated heterocycles. The Hall–Kier alpha value is -6.19. The molecule has 0 bridgehead atoms. The van der Waals surface area contributed by atoms with Crippen molar-refractivity contribution in [2.75, 3.05) is 23.8 Å². The van der Waals surface area contributed by atoms with Crippen LogP contribution in [0.25, 0.3) is 22.7 Å². The Morgan fingerprint density at radius 3 is 1.75 bits per heavy atom. The molecule has 0 spiro atoms. The molecule has 0 radical (unpaired) electrons. The minimum Gasteiger partial charge on any atom is -0.489 e. The zero-order chi connectivity index (χ0) is 37.6. The van der Waals surface area contributed by atoms with Gasteiger partial charge in [0.25, 0.3) is 17.7 Å². The van der Waals surface area contributed by atoms with Gasteiger partial charge in [-0.1, -0.05) is 11.2 Å². The molecular formula is C36H41N7O9. The van der Waals surface area contributed by atoms with Crippen molar-refractivity contribution < 1.29 is 42.6 Å². The summed E-state index contributed by atoms with van der Waals surface area (Å²) in [6, 6.07) is 14.4. The van der Waals surface area contributed by atoms with Crippen LogP contribution in [0.1, 0.15) is 47.4 Å². The van der Waals surface area contributed by atoms with Gasteiger partial charge >= 0.3 is 12.2 Å². The molecule has 2 aliphatic heterocycles. The van der Waals surface area contributed by atoms with Gasteiger partial charge in [0.05, 0.1) is 17.1 Å². The number of carbonyl (C=O) groups excluding carboxylic acids is 4.